The highest BCUT2D eigenvalue weighted by molar-refractivity contribution is 7.18. The number of hydrogen-bond acceptors (Lipinski definition) is 9. The summed E-state index contributed by atoms with van der Waals surface area (Å²) in [5.41, 5.74) is 3.13. The van der Waals surface area contributed by atoms with E-state index in [4.69, 9.17) is 9.72 Å². The van der Waals surface area contributed by atoms with Crippen LogP contribution in [0.15, 0.2) is 30.7 Å². The lowest BCUT2D eigenvalue weighted by Crippen LogP contribution is -2.45. The maximum Gasteiger partial charge on any atom is 0.317 e. The first-order valence-corrected chi connectivity index (χ1v) is 13.6. The van der Waals surface area contributed by atoms with E-state index in [0.717, 1.165) is 79.2 Å². The van der Waals surface area contributed by atoms with Gasteiger partial charge in [0.2, 0.25) is 0 Å². The van der Waals surface area contributed by atoms with E-state index >= 15 is 0 Å². The Labute approximate surface area is 211 Å². The molecule has 0 amide bonds. The molecule has 1 saturated heterocycles. The molecule has 3 aromatic rings. The van der Waals surface area contributed by atoms with Crippen LogP contribution < -0.4 is 10.1 Å². The van der Waals surface area contributed by atoms with Crippen LogP contribution in [0.5, 0.6) is 6.01 Å². The molecule has 0 bridgehead atoms. The van der Waals surface area contributed by atoms with Crippen LogP contribution in [0.25, 0.3) is 10.6 Å². The molecule has 0 spiro atoms. The number of nitrogens with zero attached hydrogens (tertiary/aromatic N) is 6. The second kappa shape index (κ2) is 11.4. The third-order valence-electron chi connectivity index (χ3n) is 6.89. The van der Waals surface area contributed by atoms with Crippen molar-refractivity contribution in [3.63, 3.8) is 0 Å². The molecule has 9 heteroatoms. The van der Waals surface area contributed by atoms with Crippen molar-refractivity contribution in [2.45, 2.75) is 58.6 Å². The molecule has 8 nitrogen and oxygen atoms in total. The lowest BCUT2D eigenvalue weighted by molar-refractivity contribution is 0.132. The van der Waals surface area contributed by atoms with Crippen LogP contribution in [0.1, 0.15) is 50.2 Å². The third kappa shape index (κ3) is 6.34. The fraction of sp³-hybridized carbons (Fsp3) is 0.538. The first-order chi connectivity index (χ1) is 17.2. The molecule has 1 aliphatic heterocycles. The minimum atomic E-state index is 0.230. The Hall–Kier alpha value is -2.62. The van der Waals surface area contributed by atoms with E-state index < -0.39 is 0 Å². The molecule has 3 aromatic heterocycles. The number of pyridine rings is 1. The first kappa shape index (κ1) is 24.1. The smallest absolute Gasteiger partial charge is 0.317 e. The van der Waals surface area contributed by atoms with Gasteiger partial charge < -0.3 is 15.0 Å². The molecular weight excluding hydrogens is 458 g/mol. The molecule has 186 valence electrons. The van der Waals surface area contributed by atoms with Gasteiger partial charge in [0, 0.05) is 51.3 Å². The van der Waals surface area contributed by atoms with Gasteiger partial charge in [-0.15, -0.1) is 0 Å². The predicted molar refractivity (Wildman–Crippen MR) is 140 cm³/mol. The molecule has 1 N–H and O–H groups in total. The molecule has 4 heterocycles. The van der Waals surface area contributed by atoms with Crippen molar-refractivity contribution >= 4 is 22.3 Å². The van der Waals surface area contributed by atoms with E-state index in [1.165, 1.54) is 24.8 Å². The summed E-state index contributed by atoms with van der Waals surface area (Å²) in [6.07, 6.45) is 11.8. The number of thiazole rings is 1. The van der Waals surface area contributed by atoms with Crippen LogP contribution in [-0.4, -0.2) is 68.6 Å². The molecule has 1 saturated carbocycles. The minimum absolute atomic E-state index is 0.230. The molecule has 0 unspecified atom stereocenters. The molecular formula is C26H35N7OS. The van der Waals surface area contributed by atoms with Crippen molar-refractivity contribution in [2.24, 2.45) is 0 Å². The molecule has 0 atom stereocenters. The Morgan fingerprint density at radius 2 is 1.77 bits per heavy atom. The van der Waals surface area contributed by atoms with Gasteiger partial charge in [-0.25, -0.2) is 15.0 Å². The van der Waals surface area contributed by atoms with E-state index in [9.17, 15) is 0 Å². The molecule has 2 fully saturated rings. The van der Waals surface area contributed by atoms with Gasteiger partial charge in [0.25, 0.3) is 0 Å². The number of piperazine rings is 1. The van der Waals surface area contributed by atoms with Gasteiger partial charge in [-0.1, -0.05) is 30.7 Å². The fourth-order valence-corrected chi connectivity index (χ4v) is 5.61. The average molecular weight is 494 g/mol. The van der Waals surface area contributed by atoms with Crippen molar-refractivity contribution in [2.75, 3.05) is 38.0 Å². The van der Waals surface area contributed by atoms with Crippen LogP contribution in [0, 0.1) is 6.92 Å². The number of likely N-dealkylation sites (N-methyl/N-ethyl adjacent to an activating group) is 1. The minimum Gasteiger partial charge on any atom is -0.460 e. The van der Waals surface area contributed by atoms with Crippen molar-refractivity contribution in [1.29, 1.82) is 0 Å². The van der Waals surface area contributed by atoms with E-state index in [2.05, 4.69) is 43.1 Å². The summed E-state index contributed by atoms with van der Waals surface area (Å²) in [6, 6.07) is 4.65. The number of rotatable bonds is 8. The molecule has 1 aliphatic carbocycles. The molecule has 0 aromatic carbocycles. The molecule has 2 aliphatic rings. The quantitative estimate of drug-likeness (QED) is 0.475. The molecule has 0 radical (unpaired) electrons. The van der Waals surface area contributed by atoms with Gasteiger partial charge in [0.05, 0.1) is 10.6 Å². The van der Waals surface area contributed by atoms with Crippen molar-refractivity contribution < 1.29 is 4.74 Å². The summed E-state index contributed by atoms with van der Waals surface area (Å²) in [5.74, 6) is 0.797. The molecule has 35 heavy (non-hydrogen) atoms. The second-order valence-electron chi connectivity index (χ2n) is 9.48. The van der Waals surface area contributed by atoms with Crippen molar-refractivity contribution in [1.82, 2.24) is 29.7 Å². The first-order valence-electron chi connectivity index (χ1n) is 12.8. The van der Waals surface area contributed by atoms with E-state index in [1.807, 2.05) is 31.6 Å². The Morgan fingerprint density at radius 1 is 0.971 bits per heavy atom. The number of aryl methyl sites for hydroxylation is 1. The Morgan fingerprint density at radius 3 is 2.51 bits per heavy atom. The third-order valence-corrected chi connectivity index (χ3v) is 7.81. The number of nitrogens with one attached hydrogen (secondary N) is 1. The second-order valence-corrected chi connectivity index (χ2v) is 10.5. The predicted octanol–water partition coefficient (Wildman–Crippen LogP) is 4.90. The summed E-state index contributed by atoms with van der Waals surface area (Å²) in [7, 11) is 0. The number of anilines is 2. The number of aromatic nitrogens is 4. The van der Waals surface area contributed by atoms with Gasteiger partial charge in [-0.3, -0.25) is 4.90 Å². The fourth-order valence-electron chi connectivity index (χ4n) is 4.73. The zero-order valence-electron chi connectivity index (χ0n) is 20.7. The highest BCUT2D eigenvalue weighted by Crippen LogP contribution is 2.32. The topological polar surface area (TPSA) is 79.3 Å². The maximum atomic E-state index is 6.08. The van der Waals surface area contributed by atoms with Crippen LogP contribution in [0.4, 0.5) is 10.9 Å². The number of hydrogen-bond donors (Lipinski definition) is 1. The summed E-state index contributed by atoms with van der Waals surface area (Å²) in [5, 5.41) is 4.13. The zero-order valence-corrected chi connectivity index (χ0v) is 21.6. The maximum absolute atomic E-state index is 6.08. The van der Waals surface area contributed by atoms with Gasteiger partial charge >= 0.3 is 6.01 Å². The summed E-state index contributed by atoms with van der Waals surface area (Å²) >= 11 is 1.56. The highest BCUT2D eigenvalue weighted by Gasteiger charge is 2.18. The standard InChI is InChI=1S/C26H35N7OS/c1-3-32-11-13-33(14-12-32)18-20-9-10-23(27-16-20)30-26-29-17-22(35-26)24-19(2)15-28-25(31-24)34-21-7-5-4-6-8-21/h9-10,15-17,21H,3-8,11-14,18H2,1-2H3,(H,27,29,30). The Balaban J connectivity index is 1.19. The van der Waals surface area contributed by atoms with E-state index in [1.54, 1.807) is 11.3 Å². The van der Waals surface area contributed by atoms with Gasteiger partial charge in [-0.2, -0.15) is 4.98 Å². The van der Waals surface area contributed by atoms with Crippen LogP contribution in [-0.2, 0) is 6.54 Å². The van der Waals surface area contributed by atoms with E-state index in [0.29, 0.717) is 6.01 Å². The van der Waals surface area contributed by atoms with Crippen LogP contribution in [0.3, 0.4) is 0 Å². The van der Waals surface area contributed by atoms with Crippen molar-refractivity contribution in [3.05, 3.63) is 41.9 Å². The largest absolute Gasteiger partial charge is 0.460 e. The van der Waals surface area contributed by atoms with Crippen molar-refractivity contribution in [3.8, 4) is 16.6 Å². The Bertz CT molecular complexity index is 1090. The van der Waals surface area contributed by atoms with Gasteiger partial charge in [0.1, 0.15) is 11.9 Å². The SMILES string of the molecule is CCN1CCN(Cc2ccc(Nc3ncc(-c4nc(OC5CCCCC5)ncc4C)s3)nc2)CC1. The van der Waals surface area contributed by atoms with Crippen LogP contribution in [0.2, 0.25) is 0 Å². The Kier molecular flexibility index (Phi) is 7.85. The summed E-state index contributed by atoms with van der Waals surface area (Å²) in [6.45, 7) is 10.9. The van der Waals surface area contributed by atoms with Gasteiger partial charge in [0.15, 0.2) is 5.13 Å². The highest BCUT2D eigenvalue weighted by atomic mass is 32.1. The zero-order chi connectivity index (χ0) is 24.0. The lowest BCUT2D eigenvalue weighted by Gasteiger charge is -2.33. The number of ether oxygens (including phenoxy) is 1. The molecule has 5 rings (SSSR count). The van der Waals surface area contributed by atoms with E-state index in [-0.39, 0.29) is 6.10 Å². The monoisotopic (exact) mass is 493 g/mol. The lowest BCUT2D eigenvalue weighted by atomic mass is 9.98. The average Bonchev–Trinajstić information content (AvgIpc) is 3.36. The summed E-state index contributed by atoms with van der Waals surface area (Å²) in [4.78, 5) is 24.3. The summed E-state index contributed by atoms with van der Waals surface area (Å²) < 4.78 is 6.08. The van der Waals surface area contributed by atoms with Gasteiger partial charge in [-0.05, 0) is 56.3 Å². The normalized spacial score (nSPS) is 18.0. The van der Waals surface area contributed by atoms with Crippen LogP contribution >= 0.6 is 11.3 Å².